The monoisotopic (exact) mass is 1010 g/mol. The Morgan fingerprint density at radius 3 is 1.69 bits per heavy atom. The van der Waals surface area contributed by atoms with Crippen LogP contribution in [-0.2, 0) is 16.2 Å². The van der Waals surface area contributed by atoms with Crippen LogP contribution in [0.5, 0.6) is 0 Å². The average Bonchev–Trinajstić information content (AvgIpc) is 4.26. The summed E-state index contributed by atoms with van der Waals surface area (Å²) in [5.74, 6) is 1.69. The molecule has 12 aromatic rings. The molecule has 15 rings (SSSR count). The summed E-state index contributed by atoms with van der Waals surface area (Å²) in [5, 5.41) is 4.31. The molecule has 376 valence electrons. The van der Waals surface area contributed by atoms with Gasteiger partial charge in [-0.05, 0) is 121 Å². The third-order valence-electron chi connectivity index (χ3n) is 17.4. The van der Waals surface area contributed by atoms with E-state index in [0.717, 1.165) is 89.2 Å². The van der Waals surface area contributed by atoms with Gasteiger partial charge in [0.2, 0.25) is 0 Å². The summed E-state index contributed by atoms with van der Waals surface area (Å²) in [5.41, 5.74) is 23.9. The average molecular weight is 1010 g/mol. The minimum absolute atomic E-state index is 0.0320. The number of fused-ring (bicyclic) bond motifs is 12. The van der Waals surface area contributed by atoms with Crippen LogP contribution in [0.3, 0.4) is 0 Å². The standard InChI is InChI=1S/C73H59BN2O2/c1-71(2,3)47-32-35-49(36-33-47)76-63-43-60-53(50-28-18-20-30-59(50)73(60,7)8)39-54(63)55-40-56-51-29-19-21-31-65(51)77-70(56)67-66(55)74(76)61-41-57-58(69(46-26-16-11-17-27-46)78-68(57)45-24-14-10-15-25-45)42-64(61)75(67)62-37-34-48(72(4,5)6)38-52(62)44-22-12-9-13-23-44/h9-43H,1-8H3. The lowest BCUT2D eigenvalue weighted by Crippen LogP contribution is -2.61. The zero-order chi connectivity index (χ0) is 53.0. The van der Waals surface area contributed by atoms with Crippen LogP contribution in [0.2, 0.25) is 0 Å². The van der Waals surface area contributed by atoms with E-state index in [1.807, 2.05) is 0 Å². The van der Waals surface area contributed by atoms with Gasteiger partial charge in [-0.15, -0.1) is 0 Å². The third-order valence-corrected chi connectivity index (χ3v) is 17.4. The molecule has 0 N–H and O–H groups in total. The molecular weight excluding hydrogens is 948 g/mol. The van der Waals surface area contributed by atoms with Crippen LogP contribution >= 0.6 is 0 Å². The molecule has 10 aromatic carbocycles. The zero-order valence-corrected chi connectivity index (χ0v) is 45.5. The van der Waals surface area contributed by atoms with Gasteiger partial charge in [-0.25, -0.2) is 0 Å². The molecule has 0 spiro atoms. The Labute approximate surface area is 457 Å². The molecule has 0 amide bonds. The fraction of sp³-hybridized carbons (Fsp3) is 0.151. The Hall–Kier alpha value is -8.80. The Morgan fingerprint density at radius 2 is 1.01 bits per heavy atom. The van der Waals surface area contributed by atoms with Crippen molar-refractivity contribution in [3.8, 4) is 56.0 Å². The van der Waals surface area contributed by atoms with Crippen LogP contribution in [0.4, 0.5) is 28.4 Å². The van der Waals surface area contributed by atoms with E-state index in [1.54, 1.807) is 0 Å². The molecule has 4 nitrogen and oxygen atoms in total. The molecule has 5 heteroatoms. The molecule has 0 fully saturated rings. The highest BCUT2D eigenvalue weighted by Gasteiger charge is 2.49. The molecule has 1 aliphatic carbocycles. The van der Waals surface area contributed by atoms with E-state index < -0.39 is 0 Å². The summed E-state index contributed by atoms with van der Waals surface area (Å²) >= 11 is 0. The van der Waals surface area contributed by atoms with Crippen molar-refractivity contribution < 1.29 is 8.83 Å². The number of nitrogens with zero attached hydrogens (tertiary/aromatic N) is 2. The summed E-state index contributed by atoms with van der Waals surface area (Å²) in [6.07, 6.45) is 0. The van der Waals surface area contributed by atoms with Gasteiger partial charge in [0.05, 0.1) is 11.4 Å². The first-order valence-corrected chi connectivity index (χ1v) is 27.6. The second-order valence-corrected chi connectivity index (χ2v) is 24.4. The SMILES string of the molecule is CC(C)(C)c1ccc(N2B3c4cc5c(-c6ccccc6)oc(-c6ccccc6)c5cc4N(c4ccc(C(C)(C)C)cc4-c4ccccc4)c4c3c(cc3c4oc4ccccc43)-c3cc4c(cc32)C(C)(C)c2ccccc2-4)cc1. The first-order chi connectivity index (χ1) is 37.7. The van der Waals surface area contributed by atoms with Crippen molar-refractivity contribution in [2.75, 3.05) is 9.71 Å². The largest absolute Gasteiger partial charge is 0.455 e. The normalized spacial score (nSPS) is 14.2. The van der Waals surface area contributed by atoms with Crippen molar-refractivity contribution in [1.82, 2.24) is 0 Å². The molecule has 2 aromatic heterocycles. The molecule has 0 saturated heterocycles. The number of para-hydroxylation sites is 1. The van der Waals surface area contributed by atoms with Crippen molar-refractivity contribution in [1.29, 1.82) is 0 Å². The summed E-state index contributed by atoms with van der Waals surface area (Å²) < 4.78 is 14.7. The number of benzene rings is 10. The lowest BCUT2D eigenvalue weighted by Gasteiger charge is -2.46. The smallest absolute Gasteiger partial charge is 0.333 e. The molecule has 0 unspecified atom stereocenters. The quantitative estimate of drug-likeness (QED) is 0.161. The fourth-order valence-electron chi connectivity index (χ4n) is 13.3. The van der Waals surface area contributed by atoms with Gasteiger partial charge < -0.3 is 18.5 Å². The minimum Gasteiger partial charge on any atom is -0.455 e. The Bertz CT molecular complexity index is 4420. The van der Waals surface area contributed by atoms with Crippen LogP contribution in [0.25, 0.3) is 88.7 Å². The van der Waals surface area contributed by atoms with Crippen LogP contribution in [-0.4, -0.2) is 6.85 Å². The highest BCUT2D eigenvalue weighted by atomic mass is 16.3. The molecular formula is C73H59BN2O2. The van der Waals surface area contributed by atoms with Gasteiger partial charge in [0.25, 0.3) is 0 Å². The summed E-state index contributed by atoms with van der Waals surface area (Å²) in [6.45, 7) is 18.3. The van der Waals surface area contributed by atoms with E-state index in [0.29, 0.717) is 0 Å². The van der Waals surface area contributed by atoms with Gasteiger partial charge in [0, 0.05) is 66.3 Å². The highest BCUT2D eigenvalue weighted by Crippen LogP contribution is 2.57. The summed E-state index contributed by atoms with van der Waals surface area (Å²) in [4.78, 5) is 5.25. The second kappa shape index (κ2) is 16.6. The predicted molar refractivity (Wildman–Crippen MR) is 328 cm³/mol. The number of hydrogen-bond acceptors (Lipinski definition) is 4. The van der Waals surface area contributed by atoms with E-state index >= 15 is 0 Å². The van der Waals surface area contributed by atoms with Crippen LogP contribution in [0.15, 0.2) is 221 Å². The molecule has 2 aliphatic heterocycles. The van der Waals surface area contributed by atoms with Gasteiger partial charge in [-0.1, -0.05) is 213 Å². The lowest BCUT2D eigenvalue weighted by atomic mass is 9.43. The van der Waals surface area contributed by atoms with Crippen molar-refractivity contribution in [3.63, 3.8) is 0 Å². The van der Waals surface area contributed by atoms with Crippen molar-refractivity contribution in [2.45, 2.75) is 71.6 Å². The lowest BCUT2D eigenvalue weighted by molar-refractivity contribution is 0.590. The van der Waals surface area contributed by atoms with Gasteiger partial charge in [-0.2, -0.15) is 0 Å². The first kappa shape index (κ1) is 46.5. The maximum Gasteiger partial charge on any atom is 0.333 e. The first-order valence-electron chi connectivity index (χ1n) is 27.6. The van der Waals surface area contributed by atoms with Crippen LogP contribution in [0.1, 0.15) is 77.6 Å². The van der Waals surface area contributed by atoms with Gasteiger partial charge in [0.1, 0.15) is 17.1 Å². The molecule has 4 heterocycles. The molecule has 0 saturated carbocycles. The Morgan fingerprint density at radius 1 is 0.410 bits per heavy atom. The fourth-order valence-corrected chi connectivity index (χ4v) is 13.3. The van der Waals surface area contributed by atoms with Gasteiger partial charge >= 0.3 is 6.85 Å². The number of hydrogen-bond donors (Lipinski definition) is 0. The topological polar surface area (TPSA) is 32.8 Å². The predicted octanol–water partition coefficient (Wildman–Crippen LogP) is 18.9. The maximum absolute atomic E-state index is 7.41. The molecule has 78 heavy (non-hydrogen) atoms. The number of anilines is 5. The van der Waals surface area contributed by atoms with Crippen molar-refractivity contribution in [3.05, 3.63) is 235 Å². The van der Waals surface area contributed by atoms with Crippen LogP contribution < -0.4 is 20.6 Å². The van der Waals surface area contributed by atoms with E-state index in [4.69, 9.17) is 8.83 Å². The number of furan rings is 2. The maximum atomic E-state index is 7.41. The highest BCUT2D eigenvalue weighted by molar-refractivity contribution is 6.94. The zero-order valence-electron chi connectivity index (χ0n) is 45.5. The van der Waals surface area contributed by atoms with E-state index in [2.05, 4.69) is 277 Å². The Kier molecular flexibility index (Phi) is 9.90. The molecule has 0 bridgehead atoms. The summed E-state index contributed by atoms with van der Waals surface area (Å²) in [6, 6.07) is 78.9. The minimum atomic E-state index is -0.311. The Balaban J connectivity index is 1.15. The van der Waals surface area contributed by atoms with Crippen LogP contribution in [0, 0.1) is 0 Å². The summed E-state index contributed by atoms with van der Waals surface area (Å²) in [7, 11) is 0. The van der Waals surface area contributed by atoms with E-state index in [9.17, 15) is 0 Å². The van der Waals surface area contributed by atoms with E-state index in [-0.39, 0.29) is 23.1 Å². The van der Waals surface area contributed by atoms with Crippen molar-refractivity contribution in [2.24, 2.45) is 0 Å². The molecule has 0 radical (unpaired) electrons. The molecule has 3 aliphatic rings. The number of rotatable bonds is 5. The van der Waals surface area contributed by atoms with E-state index in [1.165, 1.54) is 61.1 Å². The van der Waals surface area contributed by atoms with Gasteiger partial charge in [-0.3, -0.25) is 0 Å². The third kappa shape index (κ3) is 6.80. The van der Waals surface area contributed by atoms with Gasteiger partial charge in [0.15, 0.2) is 5.58 Å². The second-order valence-electron chi connectivity index (χ2n) is 24.4. The van der Waals surface area contributed by atoms with Crippen molar-refractivity contribution >= 4 is 78.9 Å². The molecule has 0 atom stereocenters.